The second kappa shape index (κ2) is 8.94. The highest BCUT2D eigenvalue weighted by Gasteiger charge is 2.24. The number of methoxy groups -OCH3 is 1. The van der Waals surface area contributed by atoms with E-state index in [1.807, 2.05) is 30.3 Å². The van der Waals surface area contributed by atoms with Gasteiger partial charge in [-0.25, -0.2) is 13.1 Å². The fraction of sp³-hybridized carbons (Fsp3) is 0.300. The summed E-state index contributed by atoms with van der Waals surface area (Å²) in [7, 11) is -2.19. The van der Waals surface area contributed by atoms with E-state index < -0.39 is 10.0 Å². The van der Waals surface area contributed by atoms with Crippen molar-refractivity contribution in [3.63, 3.8) is 0 Å². The number of benzene rings is 2. The largest absolute Gasteiger partial charge is 0.495 e. The van der Waals surface area contributed by atoms with Gasteiger partial charge in [0, 0.05) is 26.2 Å². The summed E-state index contributed by atoms with van der Waals surface area (Å²) in [6.07, 6.45) is 0. The third kappa shape index (κ3) is 4.85. The second-order valence-corrected chi connectivity index (χ2v) is 8.27. The Morgan fingerprint density at radius 3 is 2.38 bits per heavy atom. The van der Waals surface area contributed by atoms with Crippen LogP contribution in [0.3, 0.4) is 0 Å². The number of amides is 1. The highest BCUT2D eigenvalue weighted by Crippen LogP contribution is 2.28. The molecule has 0 bridgehead atoms. The zero-order chi connectivity index (χ0) is 20.9. The minimum atomic E-state index is -3.82. The zero-order valence-corrected chi connectivity index (χ0v) is 16.9. The molecule has 1 aliphatic rings. The first-order chi connectivity index (χ1) is 13.9. The molecule has 2 aromatic rings. The van der Waals surface area contributed by atoms with Crippen LogP contribution in [0.1, 0.15) is 5.56 Å². The van der Waals surface area contributed by atoms with E-state index in [0.717, 1.165) is 11.4 Å². The monoisotopic (exact) mass is 414 g/mol. The topological polar surface area (TPSA) is 103 Å². The molecule has 3 rings (SSSR count). The lowest BCUT2D eigenvalue weighted by Gasteiger charge is -2.36. The van der Waals surface area contributed by atoms with Crippen molar-refractivity contribution in [1.82, 2.24) is 9.62 Å². The molecule has 0 spiro atoms. The molecule has 8 nitrogen and oxygen atoms in total. The van der Waals surface area contributed by atoms with E-state index in [1.165, 1.54) is 24.3 Å². The quantitative estimate of drug-likeness (QED) is 0.762. The number of hydrogen-bond donors (Lipinski definition) is 1. The molecule has 2 aromatic carbocycles. The number of para-hydroxylation sites is 2. The molecule has 0 unspecified atom stereocenters. The first-order valence-corrected chi connectivity index (χ1v) is 10.6. The molecular formula is C20H22N4O4S. The lowest BCUT2D eigenvalue weighted by atomic mass is 10.2. The fourth-order valence-corrected chi connectivity index (χ4v) is 4.12. The van der Waals surface area contributed by atoms with Gasteiger partial charge in [-0.3, -0.25) is 4.79 Å². The first kappa shape index (κ1) is 20.6. The van der Waals surface area contributed by atoms with Crippen LogP contribution < -0.4 is 14.4 Å². The maximum atomic E-state index is 12.5. The molecule has 0 saturated carbocycles. The van der Waals surface area contributed by atoms with Crippen molar-refractivity contribution >= 4 is 21.6 Å². The maximum Gasteiger partial charge on any atom is 0.241 e. The molecule has 1 aliphatic heterocycles. The number of hydrogen-bond acceptors (Lipinski definition) is 6. The number of nitrogens with one attached hydrogen (secondary N) is 1. The summed E-state index contributed by atoms with van der Waals surface area (Å²) >= 11 is 0. The first-order valence-electron chi connectivity index (χ1n) is 9.10. The van der Waals surface area contributed by atoms with Gasteiger partial charge < -0.3 is 14.5 Å². The molecule has 0 aliphatic carbocycles. The van der Waals surface area contributed by atoms with Crippen molar-refractivity contribution in [3.8, 4) is 11.8 Å². The van der Waals surface area contributed by atoms with Crippen LogP contribution >= 0.6 is 0 Å². The van der Waals surface area contributed by atoms with E-state index in [4.69, 9.17) is 10.00 Å². The van der Waals surface area contributed by atoms with E-state index in [-0.39, 0.29) is 17.3 Å². The molecule has 0 radical (unpaired) electrons. The van der Waals surface area contributed by atoms with E-state index in [9.17, 15) is 13.2 Å². The number of anilines is 1. The van der Waals surface area contributed by atoms with Crippen molar-refractivity contribution in [1.29, 1.82) is 5.26 Å². The molecule has 1 saturated heterocycles. The van der Waals surface area contributed by atoms with E-state index in [2.05, 4.69) is 9.62 Å². The number of piperazine rings is 1. The molecule has 9 heteroatoms. The van der Waals surface area contributed by atoms with Crippen LogP contribution in [-0.2, 0) is 14.8 Å². The van der Waals surface area contributed by atoms with E-state index in [0.29, 0.717) is 31.7 Å². The molecule has 152 valence electrons. The van der Waals surface area contributed by atoms with Crippen molar-refractivity contribution < 1.29 is 17.9 Å². The van der Waals surface area contributed by atoms with Crippen LogP contribution in [0.2, 0.25) is 0 Å². The summed E-state index contributed by atoms with van der Waals surface area (Å²) in [6.45, 7) is 1.95. The van der Waals surface area contributed by atoms with Gasteiger partial charge in [0.1, 0.15) is 5.75 Å². The van der Waals surface area contributed by atoms with Gasteiger partial charge in [-0.15, -0.1) is 0 Å². The number of nitrogens with zero attached hydrogens (tertiary/aromatic N) is 3. The van der Waals surface area contributed by atoms with Crippen molar-refractivity contribution in [3.05, 3.63) is 54.1 Å². The Labute approximate surface area is 170 Å². The number of rotatable bonds is 6. The molecular weight excluding hydrogens is 392 g/mol. The Morgan fingerprint density at radius 2 is 1.76 bits per heavy atom. The Balaban J connectivity index is 1.55. The number of carbonyl (C=O) groups excluding carboxylic acids is 1. The average molecular weight is 414 g/mol. The van der Waals surface area contributed by atoms with Crippen LogP contribution in [-0.4, -0.2) is 59.1 Å². The number of sulfonamides is 1. The summed E-state index contributed by atoms with van der Waals surface area (Å²) in [5.74, 6) is 0.504. The fourth-order valence-electron chi connectivity index (χ4n) is 3.15. The summed E-state index contributed by atoms with van der Waals surface area (Å²) in [6, 6.07) is 15.2. The molecule has 1 fully saturated rings. The van der Waals surface area contributed by atoms with Crippen LogP contribution in [0.25, 0.3) is 0 Å². The molecule has 1 N–H and O–H groups in total. The van der Waals surface area contributed by atoms with Crippen LogP contribution in [0.5, 0.6) is 5.75 Å². The summed E-state index contributed by atoms with van der Waals surface area (Å²) in [4.78, 5) is 16.3. The van der Waals surface area contributed by atoms with E-state index >= 15 is 0 Å². The van der Waals surface area contributed by atoms with Crippen LogP contribution in [0.15, 0.2) is 53.4 Å². The van der Waals surface area contributed by atoms with Gasteiger partial charge in [0.2, 0.25) is 15.9 Å². The highest BCUT2D eigenvalue weighted by molar-refractivity contribution is 7.89. The maximum absolute atomic E-state index is 12.5. The average Bonchev–Trinajstić information content (AvgIpc) is 2.77. The summed E-state index contributed by atoms with van der Waals surface area (Å²) in [5, 5.41) is 8.80. The molecule has 0 atom stereocenters. The molecule has 1 heterocycles. The Kier molecular flexibility index (Phi) is 6.36. The van der Waals surface area contributed by atoms with Crippen LogP contribution in [0, 0.1) is 11.3 Å². The number of nitriles is 1. The normalized spacial score (nSPS) is 14.3. The van der Waals surface area contributed by atoms with E-state index in [1.54, 1.807) is 12.0 Å². The Bertz CT molecular complexity index is 1010. The van der Waals surface area contributed by atoms with Gasteiger partial charge in [-0.2, -0.15) is 5.26 Å². The predicted molar refractivity (Wildman–Crippen MR) is 108 cm³/mol. The number of ether oxygens (including phenoxy) is 1. The van der Waals surface area contributed by atoms with Crippen LogP contribution in [0.4, 0.5) is 5.69 Å². The predicted octanol–water partition coefficient (Wildman–Crippen LogP) is 1.19. The zero-order valence-electron chi connectivity index (χ0n) is 16.0. The van der Waals surface area contributed by atoms with Gasteiger partial charge in [0.05, 0.1) is 35.9 Å². The molecule has 1 amide bonds. The number of carbonyl (C=O) groups is 1. The summed E-state index contributed by atoms with van der Waals surface area (Å²) < 4.78 is 32.4. The summed E-state index contributed by atoms with van der Waals surface area (Å²) in [5.41, 5.74) is 1.34. The van der Waals surface area contributed by atoms with Gasteiger partial charge in [0.25, 0.3) is 0 Å². The molecule has 0 aromatic heterocycles. The third-order valence-electron chi connectivity index (χ3n) is 4.77. The smallest absolute Gasteiger partial charge is 0.241 e. The highest BCUT2D eigenvalue weighted by atomic mass is 32.2. The molecule has 29 heavy (non-hydrogen) atoms. The van der Waals surface area contributed by atoms with Gasteiger partial charge >= 0.3 is 0 Å². The van der Waals surface area contributed by atoms with Gasteiger partial charge in [0.15, 0.2) is 0 Å². The SMILES string of the molecule is COc1ccccc1N1CCN(C(=O)CNS(=O)(=O)c2ccc(C#N)cc2)CC1. The second-order valence-electron chi connectivity index (χ2n) is 6.50. The third-order valence-corrected chi connectivity index (χ3v) is 6.18. The Hall–Kier alpha value is -3.09. The minimum absolute atomic E-state index is 0.0188. The van der Waals surface area contributed by atoms with Crippen molar-refractivity contribution in [2.75, 3.05) is 44.7 Å². The lowest BCUT2D eigenvalue weighted by molar-refractivity contribution is -0.130. The minimum Gasteiger partial charge on any atom is -0.495 e. The van der Waals surface area contributed by atoms with Gasteiger partial charge in [-0.05, 0) is 36.4 Å². The van der Waals surface area contributed by atoms with Crippen molar-refractivity contribution in [2.24, 2.45) is 0 Å². The standard InChI is InChI=1S/C20H22N4O4S/c1-28-19-5-3-2-4-18(19)23-10-12-24(13-11-23)20(25)15-22-29(26,27)17-8-6-16(14-21)7-9-17/h2-9,22H,10-13,15H2,1H3. The van der Waals surface area contributed by atoms with Crippen molar-refractivity contribution in [2.45, 2.75) is 4.90 Å². The lowest BCUT2D eigenvalue weighted by Crippen LogP contribution is -2.51. The Morgan fingerprint density at radius 1 is 1.10 bits per heavy atom. The van der Waals surface area contributed by atoms with Gasteiger partial charge in [-0.1, -0.05) is 12.1 Å².